The zero-order valence-corrected chi connectivity index (χ0v) is 7.86. The summed E-state index contributed by atoms with van der Waals surface area (Å²) in [5.41, 5.74) is 0.146. The molecular weight excluding hydrogens is 187 g/mol. The molecule has 0 fully saturated rings. The molecule has 1 aromatic carbocycles. The molecule has 2 N–H and O–H groups in total. The Balaban J connectivity index is 0.00000144. The Morgan fingerprint density at radius 2 is 1.69 bits per heavy atom. The second kappa shape index (κ2) is 4.65. The molecule has 0 amide bonds. The van der Waals surface area contributed by atoms with Crippen LogP contribution >= 0.6 is 0 Å². The zero-order chi connectivity index (χ0) is 9.19. The molecule has 0 unspecified atom stereocenters. The van der Waals surface area contributed by atoms with E-state index in [2.05, 4.69) is 0 Å². The molecule has 0 heterocycles. The molecule has 0 spiro atoms. The summed E-state index contributed by atoms with van der Waals surface area (Å²) in [5, 5.41) is 0. The monoisotopic (exact) mass is 194 g/mol. The van der Waals surface area contributed by atoms with Gasteiger partial charge in [-0.15, -0.1) is 0 Å². The van der Waals surface area contributed by atoms with Crippen molar-refractivity contribution in [2.45, 2.75) is 0 Å². The van der Waals surface area contributed by atoms with Gasteiger partial charge in [0.25, 0.3) is 0 Å². The van der Waals surface area contributed by atoms with Crippen molar-refractivity contribution in [3.05, 3.63) is 30.3 Å². The number of rotatable bonds is 2. The molecule has 5 nitrogen and oxygen atoms in total. The summed E-state index contributed by atoms with van der Waals surface area (Å²) in [6.07, 6.45) is 0. The first-order valence-corrected chi connectivity index (χ1v) is 4.44. The van der Waals surface area contributed by atoms with Crippen LogP contribution in [-0.2, 0) is 10.3 Å². The van der Waals surface area contributed by atoms with Crippen molar-refractivity contribution in [3.63, 3.8) is 0 Å². The van der Waals surface area contributed by atoms with Crippen molar-refractivity contribution < 1.29 is 31.8 Å². The number of hydrazine groups is 1. The fourth-order valence-corrected chi connectivity index (χ4v) is 1.08. The van der Waals surface area contributed by atoms with E-state index < -0.39 is 10.3 Å². The van der Waals surface area contributed by atoms with Crippen molar-refractivity contribution >= 4 is 16.0 Å². The summed E-state index contributed by atoms with van der Waals surface area (Å²) >= 11 is 0. The fourth-order valence-electron chi connectivity index (χ4n) is 0.704. The van der Waals surface area contributed by atoms with E-state index in [0.29, 0.717) is 0 Å². The van der Waals surface area contributed by atoms with Crippen LogP contribution in [0.2, 0.25) is 0 Å². The Bertz CT molecular complexity index is 353. The Kier molecular flexibility index (Phi) is 4.46. The van der Waals surface area contributed by atoms with Crippen LogP contribution in [0.15, 0.2) is 30.3 Å². The second-order valence-corrected chi connectivity index (χ2v) is 3.34. The third kappa shape index (κ3) is 3.38. The minimum Gasteiger partial charge on any atom is -0.730 e. The topological polar surface area (TPSA) is 86.5 Å². The van der Waals surface area contributed by atoms with Crippen molar-refractivity contribution in [2.75, 3.05) is 4.41 Å². The molecule has 1 aromatic rings. The largest absolute Gasteiger partial charge is 1.00 e. The first kappa shape index (κ1) is 12.5. The van der Waals surface area contributed by atoms with Gasteiger partial charge in [0.05, 0.1) is 5.69 Å². The average Bonchev–Trinajstić information content (AvgIpc) is 2.03. The Morgan fingerprint density at radius 1 is 1.23 bits per heavy atom. The predicted octanol–water partition coefficient (Wildman–Crippen LogP) is -3.17. The first-order chi connectivity index (χ1) is 5.52. The maximum atomic E-state index is 10.4. The summed E-state index contributed by atoms with van der Waals surface area (Å²) in [4.78, 5) is 0. The van der Waals surface area contributed by atoms with Crippen molar-refractivity contribution in [3.8, 4) is 0 Å². The minimum absolute atomic E-state index is 0. The standard InChI is InChI=1S/C6H8N2O3S.Li/c7-8(12(9,10)11)6-4-2-1-3-5-6;/h1-5H,7H2,(H,9,10,11);/q;+1/p-1. The van der Waals surface area contributed by atoms with Crippen LogP contribution in [0, 0.1) is 0 Å². The van der Waals surface area contributed by atoms with Gasteiger partial charge < -0.3 is 4.55 Å². The maximum Gasteiger partial charge on any atom is 1.00 e. The molecule has 0 aliphatic heterocycles. The molecule has 0 bridgehead atoms. The third-order valence-corrected chi connectivity index (χ3v) is 1.94. The number of nitrogens with zero attached hydrogens (tertiary/aromatic N) is 1. The van der Waals surface area contributed by atoms with Gasteiger partial charge in [-0.1, -0.05) is 18.2 Å². The average molecular weight is 194 g/mol. The molecule has 0 radical (unpaired) electrons. The molecule has 13 heavy (non-hydrogen) atoms. The summed E-state index contributed by atoms with van der Waals surface area (Å²) in [7, 11) is -4.59. The molecule has 0 aliphatic carbocycles. The van der Waals surface area contributed by atoms with Gasteiger partial charge in [0.1, 0.15) is 0 Å². The van der Waals surface area contributed by atoms with Crippen LogP contribution in [0.25, 0.3) is 0 Å². The van der Waals surface area contributed by atoms with E-state index in [1.165, 1.54) is 12.1 Å². The summed E-state index contributed by atoms with van der Waals surface area (Å²) < 4.78 is 31.3. The Hall–Kier alpha value is -0.513. The van der Waals surface area contributed by atoms with Gasteiger partial charge in [-0.2, -0.15) is 0 Å². The molecule has 0 saturated heterocycles. The number of hydrogen-bond acceptors (Lipinski definition) is 4. The Labute approximate surface area is 88.6 Å². The molecule has 66 valence electrons. The van der Waals surface area contributed by atoms with Crippen molar-refractivity contribution in [1.82, 2.24) is 0 Å². The van der Waals surface area contributed by atoms with Gasteiger partial charge in [-0.3, -0.25) is 0 Å². The van der Waals surface area contributed by atoms with E-state index in [1.807, 2.05) is 0 Å². The van der Waals surface area contributed by atoms with Gasteiger partial charge in [0.15, 0.2) is 10.3 Å². The molecule has 0 aromatic heterocycles. The Morgan fingerprint density at radius 3 is 2.08 bits per heavy atom. The van der Waals surface area contributed by atoms with E-state index in [4.69, 9.17) is 5.84 Å². The van der Waals surface area contributed by atoms with Crippen LogP contribution in [0.4, 0.5) is 5.69 Å². The third-order valence-electron chi connectivity index (χ3n) is 1.25. The van der Waals surface area contributed by atoms with Gasteiger partial charge >= 0.3 is 18.9 Å². The first-order valence-electron chi connectivity index (χ1n) is 3.08. The van der Waals surface area contributed by atoms with Crippen LogP contribution in [0.3, 0.4) is 0 Å². The number of nitrogens with two attached hydrogens (primary N) is 1. The molecule has 0 atom stereocenters. The van der Waals surface area contributed by atoms with E-state index in [1.54, 1.807) is 18.2 Å². The fraction of sp³-hybridized carbons (Fsp3) is 0. The van der Waals surface area contributed by atoms with Gasteiger partial charge in [0, 0.05) is 0 Å². The van der Waals surface area contributed by atoms with Crippen LogP contribution in [0.1, 0.15) is 0 Å². The molecule has 1 rings (SSSR count). The number of benzene rings is 1. The molecule has 0 saturated carbocycles. The molecular formula is C6H7LiN2O3S. The van der Waals surface area contributed by atoms with Crippen molar-refractivity contribution in [1.29, 1.82) is 0 Å². The van der Waals surface area contributed by atoms with Crippen LogP contribution < -0.4 is 29.1 Å². The van der Waals surface area contributed by atoms with Gasteiger partial charge in [0.2, 0.25) is 0 Å². The van der Waals surface area contributed by atoms with E-state index >= 15 is 0 Å². The maximum absolute atomic E-state index is 10.4. The van der Waals surface area contributed by atoms with E-state index in [-0.39, 0.29) is 29.0 Å². The predicted molar refractivity (Wildman–Crippen MR) is 42.8 cm³/mol. The summed E-state index contributed by atoms with van der Waals surface area (Å²) in [6, 6.07) is 7.71. The number of hydrogen-bond donors (Lipinski definition) is 1. The van der Waals surface area contributed by atoms with E-state index in [0.717, 1.165) is 0 Å². The van der Waals surface area contributed by atoms with Crippen LogP contribution in [-0.4, -0.2) is 13.0 Å². The quantitative estimate of drug-likeness (QED) is 0.233. The second-order valence-electron chi connectivity index (χ2n) is 2.09. The normalized spacial score (nSPS) is 10.3. The number of anilines is 1. The van der Waals surface area contributed by atoms with Gasteiger partial charge in [-0.25, -0.2) is 18.7 Å². The molecule has 7 heteroatoms. The van der Waals surface area contributed by atoms with Gasteiger partial charge in [-0.05, 0) is 12.1 Å². The number of para-hydroxylation sites is 1. The smallest absolute Gasteiger partial charge is 0.730 e. The summed E-state index contributed by atoms with van der Waals surface area (Å²) in [6.45, 7) is 0. The molecule has 0 aliphatic rings. The van der Waals surface area contributed by atoms with E-state index in [9.17, 15) is 13.0 Å². The van der Waals surface area contributed by atoms with Crippen molar-refractivity contribution in [2.24, 2.45) is 5.84 Å². The minimum atomic E-state index is -4.59. The summed E-state index contributed by atoms with van der Waals surface area (Å²) in [5.74, 6) is 5.00. The SMILES string of the molecule is NN(c1ccccc1)S(=O)(=O)[O-].[Li+]. The van der Waals surface area contributed by atoms with Crippen LogP contribution in [0.5, 0.6) is 0 Å². The zero-order valence-electron chi connectivity index (χ0n) is 7.04.